The summed E-state index contributed by atoms with van der Waals surface area (Å²) in [5.41, 5.74) is 11.6. The van der Waals surface area contributed by atoms with Crippen molar-refractivity contribution >= 4 is 40.2 Å². The number of benzene rings is 2. The number of rotatable bonds is 1. The smallest absolute Gasteiger partial charge is 0.205 e. The van der Waals surface area contributed by atoms with Gasteiger partial charge < -0.3 is 5.73 Å². The number of halogens is 2. The first kappa shape index (κ1) is 13.0. The molecule has 0 atom stereocenters. The van der Waals surface area contributed by atoms with Crippen LogP contribution < -0.4 is 5.73 Å². The van der Waals surface area contributed by atoms with Crippen molar-refractivity contribution in [1.29, 1.82) is 0 Å². The van der Waals surface area contributed by atoms with Crippen molar-refractivity contribution in [2.45, 2.75) is 19.3 Å². The van der Waals surface area contributed by atoms with Crippen LogP contribution in [0.3, 0.4) is 0 Å². The van der Waals surface area contributed by atoms with Crippen LogP contribution in [0.4, 0.5) is 5.95 Å². The highest BCUT2D eigenvalue weighted by Crippen LogP contribution is 2.32. The first-order valence-electron chi connectivity index (χ1n) is 6.88. The number of nitrogens with zero attached hydrogens (tertiary/aromatic N) is 2. The minimum atomic E-state index is 0.446. The molecule has 4 rings (SSSR count). The molecule has 3 nitrogen and oxygen atoms in total. The van der Waals surface area contributed by atoms with Crippen LogP contribution in [0.5, 0.6) is 0 Å². The lowest BCUT2D eigenvalue weighted by molar-refractivity contribution is 0.911. The highest BCUT2D eigenvalue weighted by Gasteiger charge is 2.16. The van der Waals surface area contributed by atoms with Gasteiger partial charge in [0.2, 0.25) is 5.95 Å². The van der Waals surface area contributed by atoms with Gasteiger partial charge in [0.25, 0.3) is 0 Å². The molecular weight excluding hydrogens is 305 g/mol. The average Bonchev–Trinajstić information content (AvgIpc) is 3.02. The van der Waals surface area contributed by atoms with E-state index in [0.29, 0.717) is 16.0 Å². The molecule has 1 aromatic heterocycles. The lowest BCUT2D eigenvalue weighted by Crippen LogP contribution is -2.01. The van der Waals surface area contributed by atoms with Gasteiger partial charge >= 0.3 is 0 Å². The van der Waals surface area contributed by atoms with Gasteiger partial charge in [0.05, 0.1) is 21.1 Å². The third-order valence-electron chi connectivity index (χ3n) is 4.06. The third-order valence-corrected chi connectivity index (χ3v) is 4.78. The van der Waals surface area contributed by atoms with Gasteiger partial charge in [-0.05, 0) is 54.7 Å². The van der Waals surface area contributed by atoms with Gasteiger partial charge in [-0.1, -0.05) is 29.3 Å². The Labute approximate surface area is 132 Å². The number of nitrogens with two attached hydrogens (primary N) is 1. The van der Waals surface area contributed by atoms with Crippen molar-refractivity contribution in [2.24, 2.45) is 0 Å². The lowest BCUT2D eigenvalue weighted by Gasteiger charge is -2.09. The average molecular weight is 318 g/mol. The number of fused-ring (bicyclic) bond motifs is 2. The van der Waals surface area contributed by atoms with E-state index >= 15 is 0 Å². The van der Waals surface area contributed by atoms with E-state index in [1.807, 2.05) is 10.6 Å². The van der Waals surface area contributed by atoms with Gasteiger partial charge in [-0.2, -0.15) is 0 Å². The van der Waals surface area contributed by atoms with Crippen molar-refractivity contribution in [2.75, 3.05) is 5.73 Å². The van der Waals surface area contributed by atoms with Crippen LogP contribution in [0.1, 0.15) is 17.5 Å². The Balaban J connectivity index is 1.97. The second-order valence-corrected chi connectivity index (χ2v) is 6.18. The molecule has 1 heterocycles. The Bertz CT molecular complexity index is 868. The molecule has 0 spiro atoms. The summed E-state index contributed by atoms with van der Waals surface area (Å²) in [6.45, 7) is 0. The number of anilines is 1. The molecule has 0 amide bonds. The number of hydrogen-bond acceptors (Lipinski definition) is 2. The van der Waals surface area contributed by atoms with Crippen molar-refractivity contribution < 1.29 is 0 Å². The quantitative estimate of drug-likeness (QED) is 0.722. The fraction of sp³-hybridized carbons (Fsp3) is 0.188. The number of aryl methyl sites for hydroxylation is 2. The number of nitrogen functional groups attached to an aromatic ring is 1. The maximum absolute atomic E-state index is 6.14. The van der Waals surface area contributed by atoms with Crippen LogP contribution in [0, 0.1) is 0 Å². The van der Waals surface area contributed by atoms with Gasteiger partial charge in [0.15, 0.2) is 0 Å². The van der Waals surface area contributed by atoms with Crippen LogP contribution in [0.25, 0.3) is 16.7 Å². The zero-order valence-corrected chi connectivity index (χ0v) is 12.7. The van der Waals surface area contributed by atoms with E-state index < -0.39 is 0 Å². The minimum Gasteiger partial charge on any atom is -0.369 e. The lowest BCUT2D eigenvalue weighted by atomic mass is 10.1. The first-order valence-corrected chi connectivity index (χ1v) is 7.64. The highest BCUT2D eigenvalue weighted by atomic mass is 35.5. The van der Waals surface area contributed by atoms with E-state index in [9.17, 15) is 0 Å². The summed E-state index contributed by atoms with van der Waals surface area (Å²) in [5.74, 6) is 0.446. The Morgan fingerprint density at radius 3 is 2.62 bits per heavy atom. The van der Waals surface area contributed by atoms with Crippen LogP contribution in [0.15, 0.2) is 30.3 Å². The van der Waals surface area contributed by atoms with Crippen molar-refractivity contribution in [3.05, 3.63) is 51.5 Å². The van der Waals surface area contributed by atoms with Gasteiger partial charge in [-0.25, -0.2) is 4.98 Å². The molecule has 5 heteroatoms. The molecule has 0 radical (unpaired) electrons. The number of aromatic nitrogens is 2. The molecule has 0 aliphatic heterocycles. The molecule has 3 aromatic rings. The number of hydrogen-bond donors (Lipinski definition) is 1. The maximum atomic E-state index is 6.14. The standard InChI is InChI=1S/C16H13Cl2N3/c17-12-7-14-15(8-13(12)18)21(16(19)20-14)11-5-4-9-2-1-3-10(9)6-11/h4-8H,1-3H2,(H2,19,20). The van der Waals surface area contributed by atoms with E-state index in [-0.39, 0.29) is 0 Å². The summed E-state index contributed by atoms with van der Waals surface area (Å²) in [6, 6.07) is 10.0. The monoisotopic (exact) mass is 317 g/mol. The molecule has 1 aliphatic rings. The molecular formula is C16H13Cl2N3. The Morgan fingerprint density at radius 2 is 1.76 bits per heavy atom. The molecule has 0 saturated heterocycles. The third kappa shape index (κ3) is 2.00. The van der Waals surface area contributed by atoms with Gasteiger partial charge in [-0.15, -0.1) is 0 Å². The molecule has 2 aromatic carbocycles. The van der Waals surface area contributed by atoms with E-state index in [2.05, 4.69) is 23.2 Å². The summed E-state index contributed by atoms with van der Waals surface area (Å²) in [4.78, 5) is 4.38. The second kappa shape index (κ2) is 4.65. The molecule has 0 bridgehead atoms. The minimum absolute atomic E-state index is 0.446. The SMILES string of the molecule is Nc1nc2cc(Cl)c(Cl)cc2n1-c1ccc2c(c1)CCC2. The summed E-state index contributed by atoms with van der Waals surface area (Å²) < 4.78 is 1.93. The Kier molecular flexibility index (Phi) is 2.88. The van der Waals surface area contributed by atoms with Gasteiger partial charge in [0.1, 0.15) is 0 Å². The van der Waals surface area contributed by atoms with Crippen molar-refractivity contribution in [3.63, 3.8) is 0 Å². The molecule has 0 fully saturated rings. The molecule has 21 heavy (non-hydrogen) atoms. The fourth-order valence-electron chi connectivity index (χ4n) is 3.06. The summed E-state index contributed by atoms with van der Waals surface area (Å²) in [7, 11) is 0. The second-order valence-electron chi connectivity index (χ2n) is 5.37. The molecule has 2 N–H and O–H groups in total. The van der Waals surface area contributed by atoms with Crippen molar-refractivity contribution in [3.8, 4) is 5.69 Å². The summed E-state index contributed by atoms with van der Waals surface area (Å²) >= 11 is 12.2. The van der Waals surface area contributed by atoms with Crippen LogP contribution >= 0.6 is 23.2 Å². The first-order chi connectivity index (χ1) is 10.1. The van der Waals surface area contributed by atoms with Crippen LogP contribution in [0.2, 0.25) is 10.0 Å². The summed E-state index contributed by atoms with van der Waals surface area (Å²) in [5, 5.41) is 0.995. The maximum Gasteiger partial charge on any atom is 0.205 e. The van der Waals surface area contributed by atoms with E-state index in [1.165, 1.54) is 17.5 Å². The molecule has 0 unspecified atom stereocenters. The fourth-order valence-corrected chi connectivity index (χ4v) is 3.38. The van der Waals surface area contributed by atoms with E-state index in [1.54, 1.807) is 6.07 Å². The highest BCUT2D eigenvalue weighted by molar-refractivity contribution is 6.42. The van der Waals surface area contributed by atoms with Crippen LogP contribution in [-0.2, 0) is 12.8 Å². The largest absolute Gasteiger partial charge is 0.369 e. The predicted molar refractivity (Wildman–Crippen MR) is 87.5 cm³/mol. The zero-order chi connectivity index (χ0) is 14.6. The Morgan fingerprint density at radius 1 is 1.00 bits per heavy atom. The predicted octanol–water partition coefficient (Wildman–Crippen LogP) is 4.40. The molecule has 1 aliphatic carbocycles. The van der Waals surface area contributed by atoms with Gasteiger partial charge in [-0.3, -0.25) is 4.57 Å². The van der Waals surface area contributed by atoms with E-state index in [4.69, 9.17) is 28.9 Å². The summed E-state index contributed by atoms with van der Waals surface area (Å²) in [6.07, 6.45) is 3.51. The Hall–Kier alpha value is -1.71. The molecule has 0 saturated carbocycles. The topological polar surface area (TPSA) is 43.8 Å². The molecule has 106 valence electrons. The zero-order valence-electron chi connectivity index (χ0n) is 11.2. The normalized spacial score (nSPS) is 13.8. The van der Waals surface area contributed by atoms with Crippen LogP contribution in [-0.4, -0.2) is 9.55 Å². The van der Waals surface area contributed by atoms with E-state index in [0.717, 1.165) is 29.6 Å². The van der Waals surface area contributed by atoms with Gasteiger partial charge in [0, 0.05) is 5.69 Å². The number of imidazole rings is 1. The van der Waals surface area contributed by atoms with Crippen molar-refractivity contribution in [1.82, 2.24) is 9.55 Å².